The molecule has 25 heavy (non-hydrogen) atoms. The fourth-order valence-corrected chi connectivity index (χ4v) is 2.40. The molecule has 0 spiro atoms. The van der Waals surface area contributed by atoms with E-state index < -0.39 is 0 Å². The van der Waals surface area contributed by atoms with E-state index in [1.807, 2.05) is 18.2 Å². The highest BCUT2D eigenvalue weighted by Gasteiger charge is 2.08. The molecule has 2 aromatic rings. The fourth-order valence-electron chi connectivity index (χ4n) is 2.40. The van der Waals surface area contributed by atoms with Gasteiger partial charge in [-0.1, -0.05) is 12.1 Å². The second-order valence-corrected chi connectivity index (χ2v) is 5.50. The van der Waals surface area contributed by atoms with Crippen molar-refractivity contribution in [3.05, 3.63) is 48.0 Å². The minimum absolute atomic E-state index is 0.102. The molecule has 0 radical (unpaired) electrons. The highest BCUT2D eigenvalue weighted by atomic mass is 16.5. The summed E-state index contributed by atoms with van der Waals surface area (Å²) in [6.07, 6.45) is 0.914. The molecule has 0 saturated heterocycles. The number of rotatable bonds is 7. The Morgan fingerprint density at radius 2 is 1.60 bits per heavy atom. The fraction of sp³-hybridized carbons (Fsp3) is 0.263. The molecule has 0 unspecified atom stereocenters. The number of hydrogen-bond donors (Lipinski definition) is 2. The molecule has 0 aromatic heterocycles. The summed E-state index contributed by atoms with van der Waals surface area (Å²) >= 11 is 0. The summed E-state index contributed by atoms with van der Waals surface area (Å²) < 4.78 is 10.5. The number of nitrogens with one attached hydrogen (secondary N) is 2. The highest BCUT2D eigenvalue weighted by Crippen LogP contribution is 2.28. The second kappa shape index (κ2) is 8.73. The van der Waals surface area contributed by atoms with E-state index in [0.717, 1.165) is 5.56 Å². The number of anilines is 2. The van der Waals surface area contributed by atoms with Gasteiger partial charge in [0.25, 0.3) is 0 Å². The zero-order valence-corrected chi connectivity index (χ0v) is 14.6. The van der Waals surface area contributed by atoms with Gasteiger partial charge in [0.15, 0.2) is 11.5 Å². The lowest BCUT2D eigenvalue weighted by Gasteiger charge is -2.10. The molecular weight excluding hydrogens is 320 g/mol. The number of methoxy groups -OCH3 is 2. The van der Waals surface area contributed by atoms with Gasteiger partial charge in [-0.25, -0.2) is 0 Å². The predicted molar refractivity (Wildman–Crippen MR) is 97.2 cm³/mol. The van der Waals surface area contributed by atoms with Crippen LogP contribution in [-0.4, -0.2) is 26.0 Å². The van der Waals surface area contributed by atoms with Crippen LogP contribution >= 0.6 is 0 Å². The Bertz CT molecular complexity index is 759. The number of ether oxygens (including phenoxy) is 2. The summed E-state index contributed by atoms with van der Waals surface area (Å²) in [6.45, 7) is 1.44. The summed E-state index contributed by atoms with van der Waals surface area (Å²) in [5.74, 6) is 1.04. The number of benzene rings is 2. The van der Waals surface area contributed by atoms with Gasteiger partial charge in [-0.15, -0.1) is 0 Å². The van der Waals surface area contributed by atoms with Gasteiger partial charge < -0.3 is 20.1 Å². The summed E-state index contributed by atoms with van der Waals surface area (Å²) in [5.41, 5.74) is 2.27. The van der Waals surface area contributed by atoms with E-state index >= 15 is 0 Å². The summed E-state index contributed by atoms with van der Waals surface area (Å²) in [6, 6.07) is 12.6. The molecule has 2 aromatic carbocycles. The van der Waals surface area contributed by atoms with Crippen LogP contribution in [0.25, 0.3) is 0 Å². The normalized spacial score (nSPS) is 10.0. The van der Waals surface area contributed by atoms with E-state index in [1.54, 1.807) is 38.5 Å². The SMILES string of the molecule is COc1ccc(CCC(=O)Nc2cccc(NC(C)=O)c2)cc1OC. The number of aryl methyl sites for hydroxylation is 1. The van der Waals surface area contributed by atoms with Crippen molar-refractivity contribution in [1.29, 1.82) is 0 Å². The largest absolute Gasteiger partial charge is 0.493 e. The monoisotopic (exact) mass is 342 g/mol. The minimum Gasteiger partial charge on any atom is -0.493 e. The Balaban J connectivity index is 1.93. The molecule has 2 rings (SSSR count). The third-order valence-corrected chi connectivity index (χ3v) is 3.56. The van der Waals surface area contributed by atoms with Gasteiger partial charge in [0.05, 0.1) is 14.2 Å². The first-order valence-corrected chi connectivity index (χ1v) is 7.90. The Morgan fingerprint density at radius 3 is 2.24 bits per heavy atom. The maximum Gasteiger partial charge on any atom is 0.224 e. The van der Waals surface area contributed by atoms with E-state index in [0.29, 0.717) is 35.7 Å². The van der Waals surface area contributed by atoms with E-state index in [9.17, 15) is 9.59 Å². The molecule has 0 aliphatic heterocycles. The maximum absolute atomic E-state index is 12.1. The number of hydrogen-bond acceptors (Lipinski definition) is 4. The van der Waals surface area contributed by atoms with Crippen LogP contribution < -0.4 is 20.1 Å². The molecule has 0 atom stereocenters. The molecule has 132 valence electrons. The van der Waals surface area contributed by atoms with Gasteiger partial charge in [-0.2, -0.15) is 0 Å². The molecule has 0 fully saturated rings. The van der Waals surface area contributed by atoms with Crippen molar-refractivity contribution in [2.75, 3.05) is 24.9 Å². The summed E-state index contributed by atoms with van der Waals surface area (Å²) in [7, 11) is 3.16. The number of carbonyl (C=O) groups excluding carboxylic acids is 2. The first-order valence-electron chi connectivity index (χ1n) is 7.90. The van der Waals surface area contributed by atoms with Gasteiger partial charge >= 0.3 is 0 Å². The highest BCUT2D eigenvalue weighted by molar-refractivity contribution is 5.93. The zero-order chi connectivity index (χ0) is 18.2. The molecule has 0 saturated carbocycles. The van der Waals surface area contributed by atoms with Gasteiger partial charge in [-0.3, -0.25) is 9.59 Å². The van der Waals surface area contributed by atoms with Crippen LogP contribution in [0.5, 0.6) is 11.5 Å². The average Bonchev–Trinajstić information content (AvgIpc) is 2.59. The van der Waals surface area contributed by atoms with E-state index in [1.165, 1.54) is 6.92 Å². The van der Waals surface area contributed by atoms with Crippen molar-refractivity contribution in [3.63, 3.8) is 0 Å². The van der Waals surface area contributed by atoms with Crippen molar-refractivity contribution in [1.82, 2.24) is 0 Å². The van der Waals surface area contributed by atoms with E-state index in [2.05, 4.69) is 10.6 Å². The Hall–Kier alpha value is -3.02. The smallest absolute Gasteiger partial charge is 0.224 e. The molecule has 0 aliphatic carbocycles. The maximum atomic E-state index is 12.1. The first kappa shape index (κ1) is 18.3. The van der Waals surface area contributed by atoms with Crippen LogP contribution in [-0.2, 0) is 16.0 Å². The average molecular weight is 342 g/mol. The topological polar surface area (TPSA) is 76.7 Å². The first-order chi connectivity index (χ1) is 12.0. The Kier molecular flexibility index (Phi) is 6.39. The number of carbonyl (C=O) groups is 2. The van der Waals surface area contributed by atoms with Gasteiger partial charge in [0.1, 0.15) is 0 Å². The van der Waals surface area contributed by atoms with Crippen LogP contribution in [0.3, 0.4) is 0 Å². The van der Waals surface area contributed by atoms with Crippen LogP contribution in [0, 0.1) is 0 Å². The molecular formula is C19H22N2O4. The number of amides is 2. The molecule has 0 heterocycles. The van der Waals surface area contributed by atoms with Crippen LogP contribution in [0.4, 0.5) is 11.4 Å². The van der Waals surface area contributed by atoms with Crippen LogP contribution in [0.2, 0.25) is 0 Å². The predicted octanol–water partition coefficient (Wildman–Crippen LogP) is 3.23. The Labute approximate surface area is 147 Å². The lowest BCUT2D eigenvalue weighted by molar-refractivity contribution is -0.116. The van der Waals surface area contributed by atoms with Gasteiger partial charge in [0, 0.05) is 24.7 Å². The second-order valence-electron chi connectivity index (χ2n) is 5.50. The third kappa shape index (κ3) is 5.53. The Morgan fingerprint density at radius 1 is 0.920 bits per heavy atom. The molecule has 2 N–H and O–H groups in total. The van der Waals surface area contributed by atoms with Crippen molar-refractivity contribution < 1.29 is 19.1 Å². The van der Waals surface area contributed by atoms with Crippen molar-refractivity contribution in [2.45, 2.75) is 19.8 Å². The van der Waals surface area contributed by atoms with Crippen molar-refractivity contribution in [2.24, 2.45) is 0 Å². The summed E-state index contributed by atoms with van der Waals surface area (Å²) in [5, 5.41) is 5.51. The van der Waals surface area contributed by atoms with E-state index in [-0.39, 0.29) is 11.8 Å². The standard InChI is InChI=1S/C19H22N2O4/c1-13(22)20-15-5-4-6-16(12-15)21-19(23)10-8-14-7-9-17(24-2)18(11-14)25-3/h4-7,9,11-12H,8,10H2,1-3H3,(H,20,22)(H,21,23). The quantitative estimate of drug-likeness (QED) is 0.810. The van der Waals surface area contributed by atoms with Crippen molar-refractivity contribution in [3.8, 4) is 11.5 Å². The van der Waals surface area contributed by atoms with Crippen LogP contribution in [0.1, 0.15) is 18.9 Å². The molecule has 2 amide bonds. The van der Waals surface area contributed by atoms with Gasteiger partial charge in [-0.05, 0) is 42.3 Å². The van der Waals surface area contributed by atoms with Gasteiger partial charge in [0.2, 0.25) is 11.8 Å². The molecule has 0 bridgehead atoms. The van der Waals surface area contributed by atoms with E-state index in [4.69, 9.17) is 9.47 Å². The molecule has 0 aliphatic rings. The third-order valence-electron chi connectivity index (χ3n) is 3.56. The molecule has 6 heteroatoms. The minimum atomic E-state index is -0.156. The van der Waals surface area contributed by atoms with Crippen LogP contribution in [0.15, 0.2) is 42.5 Å². The van der Waals surface area contributed by atoms with Crippen molar-refractivity contribution >= 4 is 23.2 Å². The lowest BCUT2D eigenvalue weighted by atomic mass is 10.1. The molecule has 6 nitrogen and oxygen atoms in total. The lowest BCUT2D eigenvalue weighted by Crippen LogP contribution is -2.13. The summed E-state index contributed by atoms with van der Waals surface area (Å²) in [4.78, 5) is 23.2. The zero-order valence-electron chi connectivity index (χ0n) is 14.6.